The molecule has 1 aliphatic heterocycles. The van der Waals surface area contributed by atoms with Crippen molar-refractivity contribution in [2.45, 2.75) is 19.3 Å². The number of rotatable bonds is 5. The first-order valence-electron chi connectivity index (χ1n) is 8.37. The maximum Gasteiger partial charge on any atom is 0.261 e. The van der Waals surface area contributed by atoms with E-state index in [4.69, 9.17) is 4.74 Å². The number of carbonyl (C=O) groups is 1. The number of amides is 1. The summed E-state index contributed by atoms with van der Waals surface area (Å²) < 4.78 is 5.19. The van der Waals surface area contributed by atoms with Crippen molar-refractivity contribution in [2.24, 2.45) is 5.92 Å². The molecule has 128 valence electrons. The zero-order chi connectivity index (χ0) is 16.9. The van der Waals surface area contributed by atoms with Crippen molar-refractivity contribution < 1.29 is 9.53 Å². The zero-order valence-corrected chi connectivity index (χ0v) is 13.9. The third-order valence-corrected chi connectivity index (χ3v) is 4.59. The van der Waals surface area contributed by atoms with E-state index in [0.29, 0.717) is 23.7 Å². The lowest BCUT2D eigenvalue weighted by Gasteiger charge is -2.22. The predicted octanol–water partition coefficient (Wildman–Crippen LogP) is 1.66. The van der Waals surface area contributed by atoms with E-state index in [0.717, 1.165) is 37.7 Å². The number of H-pyrrole nitrogens is 1. The van der Waals surface area contributed by atoms with Gasteiger partial charge in [-0.15, -0.1) is 0 Å². The largest absolute Gasteiger partial charge is 0.497 e. The number of ether oxygens (including phenoxy) is 1. The number of piperidine rings is 1. The van der Waals surface area contributed by atoms with Crippen molar-refractivity contribution in [3.05, 3.63) is 40.2 Å². The van der Waals surface area contributed by atoms with Crippen molar-refractivity contribution in [3.63, 3.8) is 0 Å². The molecule has 2 aromatic rings. The second-order valence-electron chi connectivity index (χ2n) is 6.20. The normalized spacial score (nSPS) is 15.4. The van der Waals surface area contributed by atoms with Gasteiger partial charge in [-0.2, -0.15) is 0 Å². The number of benzene rings is 1. The minimum Gasteiger partial charge on any atom is -0.497 e. The molecule has 3 rings (SSSR count). The summed E-state index contributed by atoms with van der Waals surface area (Å²) in [6.07, 6.45) is 3.24. The van der Waals surface area contributed by atoms with Crippen molar-refractivity contribution in [1.29, 1.82) is 0 Å². The van der Waals surface area contributed by atoms with Gasteiger partial charge in [0, 0.05) is 17.4 Å². The fourth-order valence-corrected chi connectivity index (χ4v) is 3.14. The highest BCUT2D eigenvalue weighted by Gasteiger charge is 2.15. The molecular weight excluding hydrogens is 306 g/mol. The van der Waals surface area contributed by atoms with E-state index in [2.05, 4.69) is 15.6 Å². The Morgan fingerprint density at radius 1 is 1.29 bits per heavy atom. The van der Waals surface area contributed by atoms with Crippen molar-refractivity contribution in [1.82, 2.24) is 15.6 Å². The van der Waals surface area contributed by atoms with Crippen LogP contribution in [0.1, 0.15) is 29.6 Å². The second kappa shape index (κ2) is 7.49. The summed E-state index contributed by atoms with van der Waals surface area (Å²) >= 11 is 0. The monoisotopic (exact) mass is 329 g/mol. The van der Waals surface area contributed by atoms with Gasteiger partial charge in [0.25, 0.3) is 11.5 Å². The Hall–Kier alpha value is -2.34. The van der Waals surface area contributed by atoms with Gasteiger partial charge in [0.1, 0.15) is 11.3 Å². The Labute approximate surface area is 140 Å². The van der Waals surface area contributed by atoms with Gasteiger partial charge in [-0.05, 0) is 62.5 Å². The quantitative estimate of drug-likeness (QED) is 0.779. The van der Waals surface area contributed by atoms with Gasteiger partial charge >= 0.3 is 0 Å². The molecule has 1 saturated heterocycles. The lowest BCUT2D eigenvalue weighted by atomic mass is 9.95. The number of hydrogen-bond donors (Lipinski definition) is 3. The van der Waals surface area contributed by atoms with E-state index in [1.54, 1.807) is 31.4 Å². The van der Waals surface area contributed by atoms with Crippen LogP contribution in [-0.4, -0.2) is 37.6 Å². The third-order valence-electron chi connectivity index (χ3n) is 4.59. The maximum absolute atomic E-state index is 12.3. The molecule has 24 heavy (non-hydrogen) atoms. The van der Waals surface area contributed by atoms with E-state index in [1.165, 1.54) is 0 Å². The summed E-state index contributed by atoms with van der Waals surface area (Å²) in [6.45, 7) is 2.69. The van der Waals surface area contributed by atoms with Crippen LogP contribution in [0.15, 0.2) is 29.1 Å². The molecule has 1 aromatic heterocycles. The van der Waals surface area contributed by atoms with Crippen molar-refractivity contribution in [2.75, 3.05) is 26.7 Å². The van der Waals surface area contributed by atoms with Crippen LogP contribution in [0.5, 0.6) is 5.75 Å². The average molecular weight is 329 g/mol. The molecule has 0 saturated carbocycles. The second-order valence-corrected chi connectivity index (χ2v) is 6.20. The van der Waals surface area contributed by atoms with Gasteiger partial charge in [0.2, 0.25) is 0 Å². The molecule has 6 nitrogen and oxygen atoms in total. The number of pyridine rings is 1. The van der Waals surface area contributed by atoms with E-state index < -0.39 is 0 Å². The molecule has 1 aromatic carbocycles. The fourth-order valence-electron chi connectivity index (χ4n) is 3.14. The summed E-state index contributed by atoms with van der Waals surface area (Å²) in [5.74, 6) is 1.01. The Morgan fingerprint density at radius 3 is 2.83 bits per heavy atom. The van der Waals surface area contributed by atoms with Crippen LogP contribution in [-0.2, 0) is 0 Å². The number of hydrogen-bond acceptors (Lipinski definition) is 4. The van der Waals surface area contributed by atoms with E-state index in [-0.39, 0.29) is 17.0 Å². The molecule has 0 bridgehead atoms. The van der Waals surface area contributed by atoms with Crippen LogP contribution in [0.25, 0.3) is 10.9 Å². The van der Waals surface area contributed by atoms with Crippen molar-refractivity contribution in [3.8, 4) is 5.75 Å². The van der Waals surface area contributed by atoms with Gasteiger partial charge < -0.3 is 20.4 Å². The lowest BCUT2D eigenvalue weighted by Crippen LogP contribution is -2.33. The molecule has 3 N–H and O–H groups in total. The summed E-state index contributed by atoms with van der Waals surface area (Å²) in [5.41, 5.74) is 0.458. The smallest absolute Gasteiger partial charge is 0.261 e. The van der Waals surface area contributed by atoms with Gasteiger partial charge in [-0.25, -0.2) is 0 Å². The highest BCUT2D eigenvalue weighted by atomic mass is 16.5. The van der Waals surface area contributed by atoms with E-state index in [9.17, 15) is 9.59 Å². The first-order valence-corrected chi connectivity index (χ1v) is 8.37. The number of aromatic nitrogens is 1. The van der Waals surface area contributed by atoms with Crippen LogP contribution in [0, 0.1) is 5.92 Å². The topological polar surface area (TPSA) is 83.2 Å². The van der Waals surface area contributed by atoms with Gasteiger partial charge in [0.15, 0.2) is 0 Å². The molecular formula is C18H23N3O3. The third kappa shape index (κ3) is 3.76. The Balaban J connectivity index is 1.69. The Morgan fingerprint density at radius 2 is 2.08 bits per heavy atom. The average Bonchev–Trinajstić information content (AvgIpc) is 2.61. The molecule has 0 radical (unpaired) electrons. The van der Waals surface area contributed by atoms with Gasteiger partial charge in [-0.1, -0.05) is 0 Å². The summed E-state index contributed by atoms with van der Waals surface area (Å²) in [5, 5.41) is 6.98. The minimum absolute atomic E-state index is 0.140. The summed E-state index contributed by atoms with van der Waals surface area (Å²) in [4.78, 5) is 27.2. The van der Waals surface area contributed by atoms with E-state index in [1.807, 2.05) is 0 Å². The number of methoxy groups -OCH3 is 1. The first kappa shape index (κ1) is 16.5. The number of aromatic amines is 1. The van der Waals surface area contributed by atoms with Crippen LogP contribution in [0.2, 0.25) is 0 Å². The molecule has 0 atom stereocenters. The number of fused-ring (bicyclic) bond motifs is 1. The number of carbonyl (C=O) groups excluding carboxylic acids is 1. The highest BCUT2D eigenvalue weighted by Crippen LogP contribution is 2.19. The fraction of sp³-hybridized carbons (Fsp3) is 0.444. The zero-order valence-electron chi connectivity index (χ0n) is 13.9. The molecule has 1 amide bonds. The SMILES string of the molecule is COc1ccc2[nH]c(=O)c(C(=O)NCCC3CCNCC3)cc2c1. The van der Waals surface area contributed by atoms with Gasteiger partial charge in [0.05, 0.1) is 7.11 Å². The highest BCUT2D eigenvalue weighted by molar-refractivity contribution is 5.97. The van der Waals surface area contributed by atoms with Crippen LogP contribution < -0.4 is 20.9 Å². The summed E-state index contributed by atoms with van der Waals surface area (Å²) in [6, 6.07) is 6.97. The van der Waals surface area contributed by atoms with Crippen molar-refractivity contribution >= 4 is 16.8 Å². The predicted molar refractivity (Wildman–Crippen MR) is 93.7 cm³/mol. The molecule has 2 heterocycles. The van der Waals surface area contributed by atoms with Crippen LogP contribution in [0.3, 0.4) is 0 Å². The van der Waals surface area contributed by atoms with E-state index >= 15 is 0 Å². The van der Waals surface area contributed by atoms with Crippen LogP contribution >= 0.6 is 0 Å². The molecule has 0 unspecified atom stereocenters. The molecule has 6 heteroatoms. The minimum atomic E-state index is -0.368. The maximum atomic E-state index is 12.3. The molecule has 1 aliphatic rings. The first-order chi connectivity index (χ1) is 11.7. The molecule has 0 aliphatic carbocycles. The number of nitrogens with one attached hydrogen (secondary N) is 3. The molecule has 0 spiro atoms. The van der Waals surface area contributed by atoms with Crippen LogP contribution in [0.4, 0.5) is 0 Å². The molecule has 1 fully saturated rings. The Kier molecular flexibility index (Phi) is 5.15. The van der Waals surface area contributed by atoms with Gasteiger partial charge in [-0.3, -0.25) is 9.59 Å². The lowest BCUT2D eigenvalue weighted by molar-refractivity contribution is 0.0949. The standard InChI is InChI=1S/C18H23N3O3/c1-24-14-2-3-16-13(10-14)11-15(18(23)21-16)17(22)20-9-6-12-4-7-19-8-5-12/h2-3,10-12,19H,4-9H2,1H3,(H,20,22)(H,21,23). The Bertz CT molecular complexity index is 779. The summed E-state index contributed by atoms with van der Waals surface area (Å²) in [7, 11) is 1.58.